The molecule has 9 heteroatoms. The fourth-order valence-electron chi connectivity index (χ4n) is 3.71. The molecular formula is C22H23FN2O4S2. The highest BCUT2D eigenvalue weighted by Gasteiger charge is 2.32. The minimum Gasteiger partial charge on any atom is -0.493 e. The number of sulfone groups is 1. The number of hydrogen-bond donors (Lipinski definition) is 0. The van der Waals surface area contributed by atoms with Crippen molar-refractivity contribution in [2.24, 2.45) is 0 Å². The van der Waals surface area contributed by atoms with Crippen molar-refractivity contribution in [3.05, 3.63) is 53.7 Å². The summed E-state index contributed by atoms with van der Waals surface area (Å²) in [6.45, 7) is 1.20. The van der Waals surface area contributed by atoms with Gasteiger partial charge >= 0.3 is 0 Å². The number of anilines is 1. The molecule has 0 N–H and O–H groups in total. The second kappa shape index (κ2) is 8.84. The predicted octanol–water partition coefficient (Wildman–Crippen LogP) is 4.41. The van der Waals surface area contributed by atoms with E-state index in [1.807, 2.05) is 23.6 Å². The summed E-state index contributed by atoms with van der Waals surface area (Å²) in [6.07, 6.45) is 1.01. The van der Waals surface area contributed by atoms with E-state index in [2.05, 4.69) is 4.90 Å². The smallest absolute Gasteiger partial charge is 0.185 e. The third-order valence-corrected chi connectivity index (χ3v) is 8.64. The molecule has 1 aromatic heterocycles. The van der Waals surface area contributed by atoms with Crippen molar-refractivity contribution in [3.63, 3.8) is 0 Å². The number of thiazole rings is 1. The molecular weight excluding hydrogens is 439 g/mol. The van der Waals surface area contributed by atoms with Crippen molar-refractivity contribution in [1.82, 2.24) is 4.98 Å². The molecule has 2 heterocycles. The maximum atomic E-state index is 13.1. The summed E-state index contributed by atoms with van der Waals surface area (Å²) >= 11 is 1.53. The summed E-state index contributed by atoms with van der Waals surface area (Å²) in [5.41, 5.74) is 1.76. The Morgan fingerprint density at radius 1 is 1.03 bits per heavy atom. The van der Waals surface area contributed by atoms with Crippen LogP contribution in [0.2, 0.25) is 0 Å². The number of piperidine rings is 1. The standard InChI is InChI=1S/C22H23FN2O4S2/c1-28-20-8-3-15(13-21(20)29-2)19-14-30-22(24-19)25-11-9-18(10-12-25)31(26,27)17-6-4-16(23)5-7-17/h3-8,13-14,18H,9-12H2,1-2H3. The minimum atomic E-state index is -3.47. The largest absolute Gasteiger partial charge is 0.493 e. The summed E-state index contributed by atoms with van der Waals surface area (Å²) in [7, 11) is -0.282. The first-order chi connectivity index (χ1) is 14.9. The molecule has 1 fully saturated rings. The molecule has 0 saturated carbocycles. The lowest BCUT2D eigenvalue weighted by molar-refractivity contribution is 0.355. The molecule has 4 rings (SSSR count). The van der Waals surface area contributed by atoms with E-state index in [1.54, 1.807) is 14.2 Å². The molecule has 0 atom stereocenters. The Hall–Kier alpha value is -2.65. The molecule has 1 saturated heterocycles. The molecule has 2 aromatic carbocycles. The molecule has 0 aliphatic carbocycles. The van der Waals surface area contributed by atoms with Crippen molar-refractivity contribution in [2.75, 3.05) is 32.2 Å². The van der Waals surface area contributed by atoms with Gasteiger partial charge in [0.1, 0.15) is 5.82 Å². The maximum absolute atomic E-state index is 13.1. The molecule has 0 amide bonds. The van der Waals surface area contributed by atoms with E-state index in [9.17, 15) is 12.8 Å². The van der Waals surface area contributed by atoms with Crippen LogP contribution in [0.4, 0.5) is 9.52 Å². The monoisotopic (exact) mass is 462 g/mol. The zero-order chi connectivity index (χ0) is 22.0. The lowest BCUT2D eigenvalue weighted by Crippen LogP contribution is -2.39. The van der Waals surface area contributed by atoms with Gasteiger partial charge in [-0.3, -0.25) is 0 Å². The molecule has 6 nitrogen and oxygen atoms in total. The van der Waals surface area contributed by atoms with Crippen LogP contribution in [0, 0.1) is 5.82 Å². The van der Waals surface area contributed by atoms with E-state index in [1.165, 1.54) is 35.6 Å². The molecule has 0 radical (unpaired) electrons. The third-order valence-electron chi connectivity index (χ3n) is 5.46. The lowest BCUT2D eigenvalue weighted by Gasteiger charge is -2.31. The molecule has 1 aliphatic heterocycles. The predicted molar refractivity (Wildman–Crippen MR) is 119 cm³/mol. The van der Waals surface area contributed by atoms with Crippen molar-refractivity contribution >= 4 is 26.3 Å². The van der Waals surface area contributed by atoms with Crippen LogP contribution in [-0.4, -0.2) is 46.0 Å². The number of aromatic nitrogens is 1. The number of rotatable bonds is 6. The number of halogens is 1. The van der Waals surface area contributed by atoms with Gasteiger partial charge in [-0.1, -0.05) is 0 Å². The minimum absolute atomic E-state index is 0.178. The third kappa shape index (κ3) is 4.38. The average Bonchev–Trinajstić information content (AvgIpc) is 3.29. The van der Waals surface area contributed by atoms with E-state index in [0.717, 1.165) is 16.4 Å². The van der Waals surface area contributed by atoms with Crippen LogP contribution in [0.5, 0.6) is 11.5 Å². The number of ether oxygens (including phenoxy) is 2. The SMILES string of the molecule is COc1ccc(-c2csc(N3CCC(S(=O)(=O)c4ccc(F)cc4)CC3)n2)cc1OC. The second-order valence-electron chi connectivity index (χ2n) is 7.27. The van der Waals surface area contributed by atoms with Crippen LogP contribution < -0.4 is 14.4 Å². The quantitative estimate of drug-likeness (QED) is 0.506. The average molecular weight is 463 g/mol. The van der Waals surface area contributed by atoms with Gasteiger partial charge in [-0.05, 0) is 55.3 Å². The summed E-state index contributed by atoms with van der Waals surface area (Å²) in [5, 5.41) is 2.37. The molecule has 0 spiro atoms. The van der Waals surface area contributed by atoms with Crippen molar-refractivity contribution < 1.29 is 22.3 Å². The highest BCUT2D eigenvalue weighted by molar-refractivity contribution is 7.92. The topological polar surface area (TPSA) is 68.7 Å². The number of nitrogens with zero attached hydrogens (tertiary/aromatic N) is 2. The van der Waals surface area contributed by atoms with E-state index in [0.29, 0.717) is 37.4 Å². The Morgan fingerprint density at radius 3 is 2.35 bits per heavy atom. The van der Waals surface area contributed by atoms with Gasteiger partial charge in [-0.2, -0.15) is 0 Å². The zero-order valence-corrected chi connectivity index (χ0v) is 18.9. The van der Waals surface area contributed by atoms with Crippen LogP contribution in [0.25, 0.3) is 11.3 Å². The molecule has 164 valence electrons. The molecule has 0 bridgehead atoms. The molecule has 3 aromatic rings. The summed E-state index contributed by atoms with van der Waals surface area (Å²) in [6, 6.07) is 10.7. The van der Waals surface area contributed by atoms with Gasteiger partial charge in [0.15, 0.2) is 26.5 Å². The highest BCUT2D eigenvalue weighted by Crippen LogP contribution is 2.35. The van der Waals surface area contributed by atoms with Crippen molar-refractivity contribution in [2.45, 2.75) is 23.0 Å². The van der Waals surface area contributed by atoms with Crippen LogP contribution in [0.1, 0.15) is 12.8 Å². The molecule has 1 aliphatic rings. The second-order valence-corrected chi connectivity index (χ2v) is 10.3. The molecule has 31 heavy (non-hydrogen) atoms. The summed E-state index contributed by atoms with van der Waals surface area (Å²) < 4.78 is 49.5. The van der Waals surface area contributed by atoms with E-state index in [4.69, 9.17) is 14.5 Å². The van der Waals surface area contributed by atoms with Crippen LogP contribution in [0.15, 0.2) is 52.7 Å². The zero-order valence-electron chi connectivity index (χ0n) is 17.2. The Morgan fingerprint density at radius 2 is 1.71 bits per heavy atom. The first-order valence-electron chi connectivity index (χ1n) is 9.84. The van der Waals surface area contributed by atoms with Crippen LogP contribution >= 0.6 is 11.3 Å². The van der Waals surface area contributed by atoms with Gasteiger partial charge in [-0.25, -0.2) is 17.8 Å². The van der Waals surface area contributed by atoms with Gasteiger partial charge in [0.05, 0.1) is 30.1 Å². The van der Waals surface area contributed by atoms with Gasteiger partial charge < -0.3 is 14.4 Å². The Balaban J connectivity index is 1.45. The Labute approximate surface area is 185 Å². The number of benzene rings is 2. The maximum Gasteiger partial charge on any atom is 0.185 e. The highest BCUT2D eigenvalue weighted by atomic mass is 32.2. The first kappa shape index (κ1) is 21.6. The van der Waals surface area contributed by atoms with Gasteiger partial charge in [-0.15, -0.1) is 11.3 Å². The fraction of sp³-hybridized carbons (Fsp3) is 0.318. The summed E-state index contributed by atoms with van der Waals surface area (Å²) in [5.74, 6) is 0.857. The van der Waals surface area contributed by atoms with Gasteiger partial charge in [0.2, 0.25) is 0 Å². The number of hydrogen-bond acceptors (Lipinski definition) is 7. The Bertz CT molecular complexity index is 1150. The van der Waals surface area contributed by atoms with Crippen LogP contribution in [0.3, 0.4) is 0 Å². The van der Waals surface area contributed by atoms with E-state index < -0.39 is 20.9 Å². The first-order valence-corrected chi connectivity index (χ1v) is 12.3. The lowest BCUT2D eigenvalue weighted by atomic mass is 10.1. The fourth-order valence-corrected chi connectivity index (χ4v) is 6.33. The number of methoxy groups -OCH3 is 2. The molecule has 0 unspecified atom stereocenters. The van der Waals surface area contributed by atoms with Gasteiger partial charge in [0, 0.05) is 24.0 Å². The van der Waals surface area contributed by atoms with Crippen molar-refractivity contribution in [3.8, 4) is 22.8 Å². The Kier molecular flexibility index (Phi) is 6.15. The van der Waals surface area contributed by atoms with E-state index >= 15 is 0 Å². The van der Waals surface area contributed by atoms with E-state index in [-0.39, 0.29) is 4.90 Å². The summed E-state index contributed by atoms with van der Waals surface area (Å²) in [4.78, 5) is 7.04. The van der Waals surface area contributed by atoms with Crippen molar-refractivity contribution in [1.29, 1.82) is 0 Å². The normalized spacial score (nSPS) is 15.1. The van der Waals surface area contributed by atoms with Gasteiger partial charge in [0.25, 0.3) is 0 Å². The van der Waals surface area contributed by atoms with Crippen LogP contribution in [-0.2, 0) is 9.84 Å².